The van der Waals surface area contributed by atoms with Gasteiger partial charge in [0.15, 0.2) is 0 Å². The normalized spacial score (nSPS) is 14.8. The number of carboxylic acids is 1. The molecule has 1 radical (unpaired) electrons. The minimum Gasteiger partial charge on any atom is -0.481 e. The predicted octanol–water partition coefficient (Wildman–Crippen LogP) is 2.92. The van der Waals surface area contributed by atoms with Crippen LogP contribution in [0.1, 0.15) is 47.0 Å². The minimum atomic E-state index is -0.661. The van der Waals surface area contributed by atoms with Crippen LogP contribution in [0.3, 0.4) is 0 Å². The third-order valence-corrected chi connectivity index (χ3v) is 2.57. The molecule has 0 fully saturated rings. The molecule has 81 valence electrons. The van der Waals surface area contributed by atoms with Gasteiger partial charge in [-0.15, -0.1) is 0 Å². The fraction of sp³-hybridized carbons (Fsp3) is 0.900. The van der Waals surface area contributed by atoms with E-state index in [-0.39, 0.29) is 16.8 Å². The summed E-state index contributed by atoms with van der Waals surface area (Å²) in [7, 11) is 0. The van der Waals surface area contributed by atoms with Gasteiger partial charge in [-0.25, -0.2) is 0 Å². The molecule has 0 aromatic rings. The minimum absolute atomic E-state index is 0. The van der Waals surface area contributed by atoms with Crippen molar-refractivity contribution in [3.63, 3.8) is 0 Å². The fourth-order valence-corrected chi connectivity index (χ4v) is 1.04. The van der Waals surface area contributed by atoms with Crippen molar-refractivity contribution in [1.82, 2.24) is 0 Å². The van der Waals surface area contributed by atoms with Gasteiger partial charge >= 0.3 is 5.97 Å². The summed E-state index contributed by atoms with van der Waals surface area (Å²) in [5, 5.41) is 8.95. The fourth-order valence-electron chi connectivity index (χ4n) is 1.04. The SMILES string of the molecule is CCC(C)(CCC(C)C)C(=O)O.[Co]. The molecule has 0 saturated heterocycles. The standard InChI is InChI=1S/C10H20O2.Co/c1-5-10(4,9(11)12)7-6-8(2)3;/h8H,5-7H2,1-4H3,(H,11,12);. The Balaban J connectivity index is 0. The monoisotopic (exact) mass is 231 g/mol. The maximum absolute atomic E-state index is 10.9. The van der Waals surface area contributed by atoms with Crippen LogP contribution in [0.5, 0.6) is 0 Å². The van der Waals surface area contributed by atoms with Crippen LogP contribution in [0.2, 0.25) is 0 Å². The topological polar surface area (TPSA) is 37.3 Å². The first-order valence-corrected chi connectivity index (χ1v) is 4.65. The zero-order valence-corrected chi connectivity index (χ0v) is 9.93. The van der Waals surface area contributed by atoms with E-state index in [0.717, 1.165) is 19.3 Å². The largest absolute Gasteiger partial charge is 0.481 e. The van der Waals surface area contributed by atoms with Gasteiger partial charge in [0.1, 0.15) is 0 Å². The van der Waals surface area contributed by atoms with Crippen LogP contribution in [0.15, 0.2) is 0 Å². The van der Waals surface area contributed by atoms with Gasteiger partial charge in [0.25, 0.3) is 0 Å². The number of rotatable bonds is 5. The number of carboxylic acid groups (broad SMARTS) is 1. The summed E-state index contributed by atoms with van der Waals surface area (Å²) in [6, 6.07) is 0. The van der Waals surface area contributed by atoms with E-state index >= 15 is 0 Å². The van der Waals surface area contributed by atoms with Crippen LogP contribution in [0, 0.1) is 11.3 Å². The van der Waals surface area contributed by atoms with Crippen LogP contribution < -0.4 is 0 Å². The summed E-state index contributed by atoms with van der Waals surface area (Å²) in [5.41, 5.74) is -0.510. The third kappa shape index (κ3) is 5.31. The quantitative estimate of drug-likeness (QED) is 0.789. The molecule has 0 aromatic heterocycles. The molecule has 1 atom stereocenters. The molecule has 0 rings (SSSR count). The molecule has 0 aromatic carbocycles. The van der Waals surface area contributed by atoms with Gasteiger partial charge in [0.2, 0.25) is 0 Å². The molecule has 2 nitrogen and oxygen atoms in total. The second kappa shape index (κ2) is 6.43. The molecular formula is C10H20CoO2. The molecule has 1 N–H and O–H groups in total. The zero-order chi connectivity index (χ0) is 9.78. The van der Waals surface area contributed by atoms with Crippen molar-refractivity contribution in [2.24, 2.45) is 11.3 Å². The average Bonchev–Trinajstić information content (AvgIpc) is 1.99. The first-order chi connectivity index (χ1) is 5.42. The molecule has 3 heteroatoms. The maximum Gasteiger partial charge on any atom is 0.309 e. The zero-order valence-electron chi connectivity index (χ0n) is 8.89. The Morgan fingerprint density at radius 2 is 1.92 bits per heavy atom. The molecule has 0 heterocycles. The van der Waals surface area contributed by atoms with Gasteiger partial charge in [0, 0.05) is 16.8 Å². The predicted molar refractivity (Wildman–Crippen MR) is 50.1 cm³/mol. The molecule has 13 heavy (non-hydrogen) atoms. The van der Waals surface area contributed by atoms with E-state index in [9.17, 15) is 4.79 Å². The van der Waals surface area contributed by atoms with E-state index in [1.807, 2.05) is 13.8 Å². The van der Waals surface area contributed by atoms with Crippen molar-refractivity contribution < 1.29 is 26.7 Å². The Bertz CT molecular complexity index is 157. The Hall–Kier alpha value is -0.0235. The first-order valence-electron chi connectivity index (χ1n) is 4.65. The Labute approximate surface area is 91.3 Å². The summed E-state index contributed by atoms with van der Waals surface area (Å²) in [6.07, 6.45) is 2.50. The van der Waals surface area contributed by atoms with Crippen molar-refractivity contribution in [3.8, 4) is 0 Å². The van der Waals surface area contributed by atoms with Gasteiger partial charge < -0.3 is 5.11 Å². The molecule has 0 aliphatic carbocycles. The summed E-state index contributed by atoms with van der Waals surface area (Å²) in [6.45, 7) is 8.02. The van der Waals surface area contributed by atoms with E-state index in [4.69, 9.17) is 5.11 Å². The second-order valence-corrected chi connectivity index (χ2v) is 4.15. The summed E-state index contributed by atoms with van der Waals surface area (Å²) >= 11 is 0. The molecule has 0 aliphatic rings. The smallest absolute Gasteiger partial charge is 0.309 e. The Morgan fingerprint density at radius 1 is 1.46 bits per heavy atom. The molecule has 1 unspecified atom stereocenters. The molecule has 0 amide bonds. The summed E-state index contributed by atoms with van der Waals surface area (Å²) in [4.78, 5) is 10.9. The van der Waals surface area contributed by atoms with Crippen LogP contribution in [0.4, 0.5) is 0 Å². The maximum atomic E-state index is 10.9. The van der Waals surface area contributed by atoms with Crippen molar-refractivity contribution in [2.75, 3.05) is 0 Å². The van der Waals surface area contributed by atoms with Crippen LogP contribution in [-0.2, 0) is 21.6 Å². The van der Waals surface area contributed by atoms with Gasteiger partial charge in [-0.1, -0.05) is 20.8 Å². The molecule has 0 aliphatic heterocycles. The molecule has 0 saturated carbocycles. The molecular weight excluding hydrogens is 211 g/mol. The first kappa shape index (κ1) is 15.4. The Morgan fingerprint density at radius 3 is 2.15 bits per heavy atom. The van der Waals surface area contributed by atoms with Crippen molar-refractivity contribution >= 4 is 5.97 Å². The van der Waals surface area contributed by atoms with Gasteiger partial charge in [-0.3, -0.25) is 4.79 Å². The second-order valence-electron chi connectivity index (χ2n) is 4.15. The van der Waals surface area contributed by atoms with Crippen molar-refractivity contribution in [2.45, 2.75) is 47.0 Å². The van der Waals surface area contributed by atoms with E-state index in [2.05, 4.69) is 13.8 Å². The third-order valence-electron chi connectivity index (χ3n) is 2.57. The molecule has 0 spiro atoms. The van der Waals surface area contributed by atoms with Crippen molar-refractivity contribution in [3.05, 3.63) is 0 Å². The van der Waals surface area contributed by atoms with Crippen LogP contribution >= 0.6 is 0 Å². The van der Waals surface area contributed by atoms with E-state index < -0.39 is 11.4 Å². The van der Waals surface area contributed by atoms with Crippen molar-refractivity contribution in [1.29, 1.82) is 0 Å². The number of hydrogen-bond acceptors (Lipinski definition) is 1. The van der Waals surface area contributed by atoms with Crippen LogP contribution in [-0.4, -0.2) is 11.1 Å². The Kier molecular flexibility index (Phi) is 7.65. The van der Waals surface area contributed by atoms with E-state index in [0.29, 0.717) is 5.92 Å². The van der Waals surface area contributed by atoms with E-state index in [1.165, 1.54) is 0 Å². The van der Waals surface area contributed by atoms with Gasteiger partial charge in [-0.2, -0.15) is 0 Å². The number of carbonyl (C=O) groups is 1. The van der Waals surface area contributed by atoms with Gasteiger partial charge in [0.05, 0.1) is 5.41 Å². The van der Waals surface area contributed by atoms with Gasteiger partial charge in [-0.05, 0) is 32.1 Å². The summed E-state index contributed by atoms with van der Waals surface area (Å²) < 4.78 is 0. The molecule has 0 bridgehead atoms. The average molecular weight is 231 g/mol. The summed E-state index contributed by atoms with van der Waals surface area (Å²) in [5.74, 6) is -0.0686. The van der Waals surface area contributed by atoms with E-state index in [1.54, 1.807) is 0 Å². The number of aliphatic carboxylic acids is 1. The number of hydrogen-bond donors (Lipinski definition) is 1. The van der Waals surface area contributed by atoms with Crippen LogP contribution in [0.25, 0.3) is 0 Å².